The molecule has 0 fully saturated rings. The van der Waals surface area contributed by atoms with Gasteiger partial charge < -0.3 is 5.32 Å². The number of carbonyl (C=O) groups excluding carboxylic acids is 1. The zero-order valence-corrected chi connectivity index (χ0v) is 14.9. The third kappa shape index (κ3) is 3.88. The van der Waals surface area contributed by atoms with Crippen LogP contribution >= 0.6 is 11.8 Å². The van der Waals surface area contributed by atoms with Crippen molar-refractivity contribution in [2.24, 2.45) is 0 Å². The van der Waals surface area contributed by atoms with E-state index in [-0.39, 0.29) is 5.91 Å². The molecule has 0 aliphatic heterocycles. The van der Waals surface area contributed by atoms with Crippen molar-refractivity contribution in [3.8, 4) is 5.69 Å². The summed E-state index contributed by atoms with van der Waals surface area (Å²) >= 11 is 1.34. The minimum Gasteiger partial charge on any atom is -0.355 e. The van der Waals surface area contributed by atoms with Crippen molar-refractivity contribution in [2.45, 2.75) is 24.3 Å². The lowest BCUT2D eigenvalue weighted by atomic mass is 10.1. The van der Waals surface area contributed by atoms with Crippen LogP contribution in [0.4, 0.5) is 0 Å². The van der Waals surface area contributed by atoms with E-state index in [0.717, 1.165) is 16.8 Å². The number of hydrogen-bond donors (Lipinski definition) is 1. The Morgan fingerprint density at radius 2 is 1.88 bits per heavy atom. The van der Waals surface area contributed by atoms with Crippen molar-refractivity contribution >= 4 is 17.7 Å². The number of rotatable bonds is 6. The number of nitrogens with one attached hydrogen (secondary N) is 1. The predicted molar refractivity (Wildman–Crippen MR) is 97.6 cm³/mol. The summed E-state index contributed by atoms with van der Waals surface area (Å²) in [6, 6.07) is 17.5. The Morgan fingerprint density at radius 3 is 2.60 bits per heavy atom. The van der Waals surface area contributed by atoms with Crippen LogP contribution in [-0.4, -0.2) is 32.7 Å². The summed E-state index contributed by atoms with van der Waals surface area (Å²) in [5.74, 6) is -0.0574. The molecule has 1 amide bonds. The van der Waals surface area contributed by atoms with E-state index in [1.54, 1.807) is 4.68 Å². The van der Waals surface area contributed by atoms with Crippen molar-refractivity contribution in [3.05, 3.63) is 65.7 Å². The summed E-state index contributed by atoms with van der Waals surface area (Å²) in [6.45, 7) is 4.48. The number of carbonyl (C=O) groups is 1. The second-order valence-corrected chi connectivity index (χ2v) is 6.54. The molecule has 1 aromatic heterocycles. The average Bonchev–Trinajstić information content (AvgIpc) is 3.09. The van der Waals surface area contributed by atoms with E-state index in [4.69, 9.17) is 0 Å². The first-order valence-corrected chi connectivity index (χ1v) is 8.92. The molecular weight excluding hydrogens is 334 g/mol. The van der Waals surface area contributed by atoms with E-state index >= 15 is 0 Å². The van der Waals surface area contributed by atoms with Crippen LogP contribution < -0.4 is 5.32 Å². The van der Waals surface area contributed by atoms with Gasteiger partial charge in [0.2, 0.25) is 11.1 Å². The van der Waals surface area contributed by atoms with Crippen LogP contribution in [0.1, 0.15) is 23.3 Å². The molecule has 0 bridgehead atoms. The van der Waals surface area contributed by atoms with E-state index in [0.29, 0.717) is 11.7 Å². The molecule has 0 saturated heterocycles. The molecule has 0 aliphatic carbocycles. The van der Waals surface area contributed by atoms with Gasteiger partial charge in [-0.15, -0.1) is 5.10 Å². The Bertz CT molecular complexity index is 849. The van der Waals surface area contributed by atoms with Gasteiger partial charge >= 0.3 is 0 Å². The molecular formula is C18H19N5OS. The number of aromatic nitrogens is 4. The Kier molecular flexibility index (Phi) is 5.45. The molecule has 0 spiro atoms. The van der Waals surface area contributed by atoms with E-state index < -0.39 is 5.25 Å². The summed E-state index contributed by atoms with van der Waals surface area (Å²) < 4.78 is 1.68. The van der Waals surface area contributed by atoms with Gasteiger partial charge in [0, 0.05) is 6.54 Å². The smallest absolute Gasteiger partial charge is 0.238 e. The molecule has 25 heavy (non-hydrogen) atoms. The first kappa shape index (κ1) is 17.2. The number of nitrogens with zero attached hydrogens (tertiary/aromatic N) is 4. The van der Waals surface area contributed by atoms with Crippen LogP contribution in [-0.2, 0) is 4.79 Å². The van der Waals surface area contributed by atoms with Crippen molar-refractivity contribution < 1.29 is 4.79 Å². The van der Waals surface area contributed by atoms with E-state index in [1.807, 2.05) is 68.4 Å². The Morgan fingerprint density at radius 1 is 1.16 bits per heavy atom. The SMILES string of the molecule is CCNC(=O)C(Sc1nnnn1-c1ccccc1C)c1ccccc1. The lowest BCUT2D eigenvalue weighted by Gasteiger charge is -2.16. The van der Waals surface area contributed by atoms with Crippen LogP contribution in [0.3, 0.4) is 0 Å². The fourth-order valence-electron chi connectivity index (χ4n) is 2.48. The number of tetrazole rings is 1. The zero-order valence-electron chi connectivity index (χ0n) is 14.1. The maximum Gasteiger partial charge on any atom is 0.238 e. The van der Waals surface area contributed by atoms with Crippen molar-refractivity contribution in [1.29, 1.82) is 0 Å². The predicted octanol–water partition coefficient (Wildman–Crippen LogP) is 2.94. The second kappa shape index (κ2) is 7.94. The third-order valence-corrected chi connectivity index (χ3v) is 4.89. The highest BCUT2D eigenvalue weighted by Gasteiger charge is 2.25. The number of para-hydroxylation sites is 1. The van der Waals surface area contributed by atoms with Crippen LogP contribution in [0.25, 0.3) is 5.69 Å². The molecule has 3 aromatic rings. The molecule has 128 valence electrons. The summed E-state index contributed by atoms with van der Waals surface area (Å²) in [4.78, 5) is 12.6. The highest BCUT2D eigenvalue weighted by Crippen LogP contribution is 2.35. The summed E-state index contributed by atoms with van der Waals surface area (Å²) in [5, 5.41) is 15.1. The summed E-state index contributed by atoms with van der Waals surface area (Å²) in [6.07, 6.45) is 0. The molecule has 0 aliphatic rings. The number of benzene rings is 2. The number of likely N-dealkylation sites (N-methyl/N-ethyl adjacent to an activating group) is 1. The number of aryl methyl sites for hydroxylation is 1. The fraction of sp³-hybridized carbons (Fsp3) is 0.222. The van der Waals surface area contributed by atoms with Gasteiger partial charge in [-0.05, 0) is 41.5 Å². The number of thioether (sulfide) groups is 1. The van der Waals surface area contributed by atoms with Crippen LogP contribution in [0.15, 0.2) is 59.8 Å². The summed E-state index contributed by atoms with van der Waals surface area (Å²) in [7, 11) is 0. The van der Waals surface area contributed by atoms with Crippen molar-refractivity contribution in [3.63, 3.8) is 0 Å². The highest BCUT2D eigenvalue weighted by atomic mass is 32.2. The highest BCUT2D eigenvalue weighted by molar-refractivity contribution is 8.00. The molecule has 0 saturated carbocycles. The van der Waals surface area contributed by atoms with E-state index in [9.17, 15) is 4.79 Å². The maximum absolute atomic E-state index is 12.6. The Hall–Kier alpha value is -2.67. The summed E-state index contributed by atoms with van der Waals surface area (Å²) in [5.41, 5.74) is 2.88. The monoisotopic (exact) mass is 353 g/mol. The normalized spacial score (nSPS) is 11.9. The Labute approximate surface area is 150 Å². The van der Waals surface area contributed by atoms with Gasteiger partial charge in [-0.2, -0.15) is 4.68 Å². The first-order valence-electron chi connectivity index (χ1n) is 8.04. The van der Waals surface area contributed by atoms with Crippen LogP contribution in [0.2, 0.25) is 0 Å². The lowest BCUT2D eigenvalue weighted by Crippen LogP contribution is -2.27. The van der Waals surface area contributed by atoms with E-state index in [1.165, 1.54) is 11.8 Å². The minimum atomic E-state index is -0.421. The van der Waals surface area contributed by atoms with Gasteiger partial charge in [0.1, 0.15) is 5.25 Å². The standard InChI is InChI=1S/C18H19N5OS/c1-3-19-17(24)16(14-10-5-4-6-11-14)25-18-20-21-22-23(18)15-12-8-7-9-13(15)2/h4-12,16H,3H2,1-2H3,(H,19,24). The topological polar surface area (TPSA) is 72.7 Å². The van der Waals surface area contributed by atoms with Gasteiger partial charge in [0.25, 0.3) is 0 Å². The molecule has 2 aromatic carbocycles. The molecule has 7 heteroatoms. The van der Waals surface area contributed by atoms with E-state index in [2.05, 4.69) is 20.8 Å². The molecule has 0 radical (unpaired) electrons. The second-order valence-electron chi connectivity index (χ2n) is 5.46. The van der Waals surface area contributed by atoms with Gasteiger partial charge in [0.05, 0.1) is 5.69 Å². The third-order valence-electron chi connectivity index (χ3n) is 3.70. The van der Waals surface area contributed by atoms with Crippen LogP contribution in [0, 0.1) is 6.92 Å². The molecule has 1 atom stereocenters. The van der Waals surface area contributed by atoms with Gasteiger partial charge in [-0.25, -0.2) is 0 Å². The minimum absolute atomic E-state index is 0.0574. The molecule has 1 N–H and O–H groups in total. The Balaban J connectivity index is 1.95. The molecule has 1 unspecified atom stereocenters. The van der Waals surface area contributed by atoms with Gasteiger partial charge in [0.15, 0.2) is 0 Å². The zero-order chi connectivity index (χ0) is 17.6. The number of amides is 1. The maximum atomic E-state index is 12.6. The molecule has 3 rings (SSSR count). The molecule has 1 heterocycles. The average molecular weight is 353 g/mol. The van der Waals surface area contributed by atoms with Crippen LogP contribution in [0.5, 0.6) is 0 Å². The van der Waals surface area contributed by atoms with Crippen molar-refractivity contribution in [2.75, 3.05) is 6.54 Å². The largest absolute Gasteiger partial charge is 0.355 e. The number of hydrogen-bond acceptors (Lipinski definition) is 5. The first-order chi connectivity index (χ1) is 12.2. The lowest BCUT2D eigenvalue weighted by molar-refractivity contribution is -0.120. The molecule has 6 nitrogen and oxygen atoms in total. The van der Waals surface area contributed by atoms with Gasteiger partial charge in [-0.1, -0.05) is 60.3 Å². The fourth-order valence-corrected chi connectivity index (χ4v) is 3.49. The quantitative estimate of drug-likeness (QED) is 0.690. The van der Waals surface area contributed by atoms with Crippen molar-refractivity contribution in [1.82, 2.24) is 25.5 Å². The van der Waals surface area contributed by atoms with Gasteiger partial charge in [-0.3, -0.25) is 4.79 Å².